The lowest BCUT2D eigenvalue weighted by atomic mass is 10.4. The Bertz CT molecular complexity index is 476. The van der Waals surface area contributed by atoms with Gasteiger partial charge in [0.2, 0.25) is 0 Å². The lowest BCUT2D eigenvalue weighted by molar-refractivity contribution is 0.773. The second-order valence-corrected chi connectivity index (χ2v) is 4.05. The first kappa shape index (κ1) is 8.97. The summed E-state index contributed by atoms with van der Waals surface area (Å²) in [5.74, 6) is 0. The second kappa shape index (κ2) is 3.64. The van der Waals surface area contributed by atoms with Gasteiger partial charge in [-0.1, -0.05) is 0 Å². The summed E-state index contributed by atoms with van der Waals surface area (Å²) in [6.07, 6.45) is 1.90. The zero-order valence-corrected chi connectivity index (χ0v) is 8.58. The monoisotopic (exact) mass is 203 g/mol. The minimum Gasteiger partial charge on any atom is -0.333 e. The summed E-state index contributed by atoms with van der Waals surface area (Å²) in [6.45, 7) is 2.66. The van der Waals surface area contributed by atoms with Crippen LogP contribution >= 0.6 is 11.3 Å². The highest BCUT2D eigenvalue weighted by atomic mass is 32.1. The minimum atomic E-state index is 0.677. The van der Waals surface area contributed by atoms with Gasteiger partial charge in [0.25, 0.3) is 0 Å². The average Bonchev–Trinajstić information content (AvgIpc) is 2.76. The Morgan fingerprint density at radius 2 is 2.50 bits per heavy atom. The highest BCUT2D eigenvalue weighted by Crippen LogP contribution is 2.11. The molecule has 2 rings (SSSR count). The summed E-state index contributed by atoms with van der Waals surface area (Å²) in [4.78, 5) is 4.35. The molecule has 0 aliphatic carbocycles. The first-order chi connectivity index (χ1) is 6.79. The van der Waals surface area contributed by atoms with Gasteiger partial charge in [-0.3, -0.25) is 0 Å². The Morgan fingerprint density at radius 1 is 1.64 bits per heavy atom. The number of hydrogen-bond acceptors (Lipinski definition) is 3. The fraction of sp³-hybridized carbons (Fsp3) is 0.200. The number of rotatable bonds is 2. The molecule has 0 aromatic carbocycles. The van der Waals surface area contributed by atoms with Crippen LogP contribution in [0, 0.1) is 18.3 Å². The van der Waals surface area contributed by atoms with Crippen molar-refractivity contribution in [3.63, 3.8) is 0 Å². The maximum absolute atomic E-state index is 8.80. The van der Waals surface area contributed by atoms with Gasteiger partial charge < -0.3 is 4.57 Å². The van der Waals surface area contributed by atoms with Crippen molar-refractivity contribution in [3.05, 3.63) is 40.1 Å². The van der Waals surface area contributed by atoms with Crippen LogP contribution in [0.3, 0.4) is 0 Å². The second-order valence-electron chi connectivity index (χ2n) is 2.99. The Morgan fingerprint density at radius 3 is 3.14 bits per heavy atom. The minimum absolute atomic E-state index is 0.677. The van der Waals surface area contributed by atoms with Crippen LogP contribution in [0.2, 0.25) is 0 Å². The van der Waals surface area contributed by atoms with Gasteiger partial charge in [-0.25, -0.2) is 4.98 Å². The fourth-order valence-electron chi connectivity index (χ4n) is 1.31. The fourth-order valence-corrected chi connectivity index (χ4v) is 1.91. The Kier molecular flexibility index (Phi) is 2.33. The highest BCUT2D eigenvalue weighted by Gasteiger charge is 2.02. The van der Waals surface area contributed by atoms with E-state index in [1.165, 1.54) is 0 Å². The number of nitriles is 1. The highest BCUT2D eigenvalue weighted by molar-refractivity contribution is 7.09. The van der Waals surface area contributed by atoms with E-state index in [2.05, 4.69) is 11.1 Å². The molecule has 0 saturated heterocycles. The van der Waals surface area contributed by atoms with Crippen LogP contribution in [-0.4, -0.2) is 9.55 Å². The Balaban J connectivity index is 2.23. The summed E-state index contributed by atoms with van der Waals surface area (Å²) in [6, 6.07) is 5.82. The van der Waals surface area contributed by atoms with Crippen molar-refractivity contribution in [2.24, 2.45) is 0 Å². The van der Waals surface area contributed by atoms with E-state index >= 15 is 0 Å². The van der Waals surface area contributed by atoms with E-state index in [0.29, 0.717) is 12.2 Å². The standard InChI is InChI=1S/C10H9N3S/c1-8-12-9(7-14-8)6-13-4-2-3-10(13)5-11/h2-4,7H,6H2,1H3. The number of aryl methyl sites for hydroxylation is 1. The molecule has 0 radical (unpaired) electrons. The summed E-state index contributed by atoms with van der Waals surface area (Å²) >= 11 is 1.63. The molecule has 70 valence electrons. The zero-order chi connectivity index (χ0) is 9.97. The van der Waals surface area contributed by atoms with Crippen molar-refractivity contribution < 1.29 is 0 Å². The number of thiazole rings is 1. The van der Waals surface area contributed by atoms with E-state index in [4.69, 9.17) is 5.26 Å². The van der Waals surface area contributed by atoms with Crippen molar-refractivity contribution in [2.45, 2.75) is 13.5 Å². The summed E-state index contributed by atoms with van der Waals surface area (Å²) < 4.78 is 1.90. The Labute approximate surface area is 86.3 Å². The van der Waals surface area contributed by atoms with Crippen molar-refractivity contribution in [1.29, 1.82) is 5.26 Å². The molecule has 0 atom stereocenters. The largest absolute Gasteiger partial charge is 0.333 e. The molecule has 2 aromatic rings. The quantitative estimate of drug-likeness (QED) is 0.750. The van der Waals surface area contributed by atoms with Gasteiger partial charge in [-0.2, -0.15) is 5.26 Å². The van der Waals surface area contributed by atoms with Crippen molar-refractivity contribution in [1.82, 2.24) is 9.55 Å². The maximum Gasteiger partial charge on any atom is 0.120 e. The van der Waals surface area contributed by atoms with Gasteiger partial charge in [0.1, 0.15) is 11.8 Å². The molecule has 14 heavy (non-hydrogen) atoms. The summed E-state index contributed by atoms with van der Waals surface area (Å²) in [7, 11) is 0. The van der Waals surface area contributed by atoms with Gasteiger partial charge in [0, 0.05) is 11.6 Å². The van der Waals surface area contributed by atoms with Crippen LogP contribution < -0.4 is 0 Å². The van der Waals surface area contributed by atoms with Crippen LogP contribution in [0.5, 0.6) is 0 Å². The van der Waals surface area contributed by atoms with E-state index in [-0.39, 0.29) is 0 Å². The van der Waals surface area contributed by atoms with E-state index in [9.17, 15) is 0 Å². The molecular formula is C10H9N3S. The van der Waals surface area contributed by atoms with Gasteiger partial charge in [0.15, 0.2) is 0 Å². The molecule has 0 amide bonds. The summed E-state index contributed by atoms with van der Waals surface area (Å²) in [5, 5.41) is 11.9. The van der Waals surface area contributed by atoms with Gasteiger partial charge >= 0.3 is 0 Å². The van der Waals surface area contributed by atoms with Crippen molar-refractivity contribution >= 4 is 11.3 Å². The molecule has 4 heteroatoms. The molecule has 2 heterocycles. The van der Waals surface area contributed by atoms with E-state index in [0.717, 1.165) is 10.7 Å². The molecule has 2 aromatic heterocycles. The lowest BCUT2D eigenvalue weighted by Gasteiger charge is -2.00. The normalized spacial score (nSPS) is 10.0. The topological polar surface area (TPSA) is 41.6 Å². The van der Waals surface area contributed by atoms with Crippen LogP contribution in [-0.2, 0) is 6.54 Å². The molecule has 0 aliphatic rings. The zero-order valence-electron chi connectivity index (χ0n) is 7.77. The van der Waals surface area contributed by atoms with Crippen LogP contribution in [0.4, 0.5) is 0 Å². The van der Waals surface area contributed by atoms with E-state index in [1.54, 1.807) is 17.4 Å². The number of nitrogens with zero attached hydrogens (tertiary/aromatic N) is 3. The molecular weight excluding hydrogens is 194 g/mol. The molecule has 3 nitrogen and oxygen atoms in total. The first-order valence-corrected chi connectivity index (χ1v) is 5.14. The molecule has 0 saturated carbocycles. The van der Waals surface area contributed by atoms with Crippen molar-refractivity contribution in [3.8, 4) is 6.07 Å². The van der Waals surface area contributed by atoms with Gasteiger partial charge in [-0.15, -0.1) is 11.3 Å². The predicted octanol–water partition coefficient (Wildman–Crippen LogP) is 2.17. The smallest absolute Gasteiger partial charge is 0.120 e. The van der Waals surface area contributed by atoms with Crippen molar-refractivity contribution in [2.75, 3.05) is 0 Å². The number of hydrogen-bond donors (Lipinski definition) is 0. The van der Waals surface area contributed by atoms with Crippen LogP contribution in [0.15, 0.2) is 23.7 Å². The summed E-state index contributed by atoms with van der Waals surface area (Å²) in [5.41, 5.74) is 1.69. The lowest BCUT2D eigenvalue weighted by Crippen LogP contribution is -2.00. The first-order valence-electron chi connectivity index (χ1n) is 4.26. The SMILES string of the molecule is Cc1nc(Cn2cccc2C#N)cs1. The third kappa shape index (κ3) is 1.68. The van der Waals surface area contributed by atoms with Gasteiger partial charge in [-0.05, 0) is 19.1 Å². The van der Waals surface area contributed by atoms with Crippen LogP contribution in [0.1, 0.15) is 16.4 Å². The molecule has 0 unspecified atom stereocenters. The number of aromatic nitrogens is 2. The van der Waals surface area contributed by atoms with E-state index in [1.807, 2.05) is 29.1 Å². The average molecular weight is 203 g/mol. The third-order valence-electron chi connectivity index (χ3n) is 1.94. The molecule has 0 aliphatic heterocycles. The van der Waals surface area contributed by atoms with Crippen LogP contribution in [0.25, 0.3) is 0 Å². The van der Waals surface area contributed by atoms with Gasteiger partial charge in [0.05, 0.1) is 17.2 Å². The molecule has 0 spiro atoms. The Hall–Kier alpha value is -1.60. The predicted molar refractivity (Wildman–Crippen MR) is 55.1 cm³/mol. The maximum atomic E-state index is 8.80. The third-order valence-corrected chi connectivity index (χ3v) is 2.77. The molecule has 0 fully saturated rings. The molecule has 0 N–H and O–H groups in total. The molecule has 0 bridgehead atoms. The van der Waals surface area contributed by atoms with E-state index < -0.39 is 0 Å².